The van der Waals surface area contributed by atoms with Gasteiger partial charge in [0, 0.05) is 72.7 Å². The molecule has 15 rings (SSSR count). The van der Waals surface area contributed by atoms with Crippen molar-refractivity contribution >= 4 is 85.2 Å². The molecule has 3 aliphatic heterocycles. The van der Waals surface area contributed by atoms with Crippen molar-refractivity contribution in [2.45, 2.75) is 77.6 Å². The first-order chi connectivity index (χ1) is 37.8. The van der Waals surface area contributed by atoms with Gasteiger partial charge in [0.1, 0.15) is 17.1 Å². The van der Waals surface area contributed by atoms with Gasteiger partial charge in [0.15, 0.2) is 5.58 Å². The summed E-state index contributed by atoms with van der Waals surface area (Å²) in [5, 5.41) is 2.18. The van der Waals surface area contributed by atoms with Crippen molar-refractivity contribution in [3.8, 4) is 33.8 Å². The molecule has 1 aromatic heterocycles. The van der Waals surface area contributed by atoms with Crippen LogP contribution in [0, 0.1) is 6.92 Å². The lowest BCUT2D eigenvalue weighted by Gasteiger charge is -2.47. The van der Waals surface area contributed by atoms with Crippen LogP contribution in [0.3, 0.4) is 0 Å². The summed E-state index contributed by atoms with van der Waals surface area (Å²) in [6.07, 6.45) is 2.25. The number of hydrogen-bond acceptors (Lipinski definition) is 5. The molecule has 0 spiro atoms. The highest BCUT2D eigenvalue weighted by molar-refractivity contribution is 6.94. The van der Waals surface area contributed by atoms with E-state index in [1.54, 1.807) is 0 Å². The van der Waals surface area contributed by atoms with Crippen LogP contribution in [0.15, 0.2) is 217 Å². The SMILES string of the molecule is Cc1cc2c(cc1N1c3cc(N(c4ccccc4)c4ccccc4)ccc3B3c4c(cc5c(oc6ccccc65)c41)-c1cc4c(cc1N3c1ccc(-c3ccccc3)cc1)C(C)(C)c1ccccc1O4)C(C)(C)CCC2(C)C. The highest BCUT2D eigenvalue weighted by atomic mass is 16.5. The highest BCUT2D eigenvalue weighted by Gasteiger charge is 2.49. The largest absolute Gasteiger partial charge is 0.457 e. The fourth-order valence-corrected chi connectivity index (χ4v) is 13.8. The topological polar surface area (TPSA) is 32.1 Å². The highest BCUT2D eigenvalue weighted by Crippen LogP contribution is 2.57. The molecule has 1 aliphatic carbocycles. The van der Waals surface area contributed by atoms with Crippen molar-refractivity contribution < 1.29 is 9.15 Å². The number of nitrogens with zero attached hydrogens (tertiary/aromatic N) is 3. The molecule has 4 heterocycles. The van der Waals surface area contributed by atoms with Crippen molar-refractivity contribution in [3.05, 3.63) is 240 Å². The number of fused-ring (bicyclic) bond motifs is 11. The van der Waals surface area contributed by atoms with Gasteiger partial charge < -0.3 is 23.8 Å². The first-order valence-corrected chi connectivity index (χ1v) is 27.7. The zero-order chi connectivity index (χ0) is 52.8. The Labute approximate surface area is 458 Å². The Bertz CT molecular complexity index is 4200. The Hall–Kier alpha value is -8.74. The minimum atomic E-state index is -0.348. The summed E-state index contributed by atoms with van der Waals surface area (Å²) in [7, 11) is 0. The van der Waals surface area contributed by atoms with Crippen molar-refractivity contribution in [2.24, 2.45) is 0 Å². The number of aryl methyl sites for hydroxylation is 1. The quantitative estimate of drug-likeness (QED) is 0.155. The number of rotatable bonds is 6. The van der Waals surface area contributed by atoms with E-state index in [1.807, 2.05) is 0 Å². The molecule has 78 heavy (non-hydrogen) atoms. The van der Waals surface area contributed by atoms with Crippen LogP contribution in [0.25, 0.3) is 44.2 Å². The number of ether oxygens (including phenoxy) is 1. The average Bonchev–Trinajstić information content (AvgIpc) is 3.45. The van der Waals surface area contributed by atoms with Gasteiger partial charge in [-0.1, -0.05) is 169 Å². The first kappa shape index (κ1) is 46.6. The van der Waals surface area contributed by atoms with E-state index in [9.17, 15) is 0 Å². The third-order valence-corrected chi connectivity index (χ3v) is 18.0. The van der Waals surface area contributed by atoms with Crippen LogP contribution in [-0.2, 0) is 16.2 Å². The number of benzene rings is 10. The molecular formula is C72H60BN3O2. The molecule has 0 saturated carbocycles. The van der Waals surface area contributed by atoms with Crippen LogP contribution >= 0.6 is 0 Å². The number of furan rings is 1. The summed E-state index contributed by atoms with van der Waals surface area (Å²) in [5.41, 5.74) is 23.7. The Balaban J connectivity index is 1.09. The maximum atomic E-state index is 7.39. The molecule has 0 saturated heterocycles. The fraction of sp³-hybridized carbons (Fsp3) is 0.167. The van der Waals surface area contributed by atoms with Crippen molar-refractivity contribution in [2.75, 3.05) is 14.6 Å². The Morgan fingerprint density at radius 2 is 1.09 bits per heavy atom. The van der Waals surface area contributed by atoms with E-state index in [-0.39, 0.29) is 23.1 Å². The molecule has 0 fully saturated rings. The van der Waals surface area contributed by atoms with Crippen LogP contribution in [0.5, 0.6) is 11.5 Å². The van der Waals surface area contributed by atoms with Gasteiger partial charge in [-0.25, -0.2) is 0 Å². The fourth-order valence-electron chi connectivity index (χ4n) is 13.8. The maximum absolute atomic E-state index is 7.39. The first-order valence-electron chi connectivity index (χ1n) is 27.7. The van der Waals surface area contributed by atoms with Crippen molar-refractivity contribution in [1.29, 1.82) is 0 Å². The van der Waals surface area contributed by atoms with Gasteiger partial charge in [-0.3, -0.25) is 0 Å². The third-order valence-electron chi connectivity index (χ3n) is 18.0. The summed E-state index contributed by atoms with van der Waals surface area (Å²) < 4.78 is 14.4. The van der Waals surface area contributed by atoms with Gasteiger partial charge in [-0.15, -0.1) is 0 Å². The zero-order valence-corrected chi connectivity index (χ0v) is 45.4. The summed E-state index contributed by atoms with van der Waals surface area (Å²) >= 11 is 0. The number of anilines is 8. The molecule has 6 heteroatoms. The molecule has 0 amide bonds. The normalized spacial score (nSPS) is 15.9. The minimum Gasteiger partial charge on any atom is -0.457 e. The molecule has 4 aliphatic rings. The van der Waals surface area contributed by atoms with E-state index < -0.39 is 0 Å². The third kappa shape index (κ3) is 6.88. The molecule has 0 unspecified atom stereocenters. The molecule has 0 N–H and O–H groups in total. The smallest absolute Gasteiger partial charge is 0.333 e. The van der Waals surface area contributed by atoms with Crippen molar-refractivity contribution in [1.82, 2.24) is 0 Å². The Morgan fingerprint density at radius 3 is 1.81 bits per heavy atom. The molecular weight excluding hydrogens is 950 g/mol. The van der Waals surface area contributed by atoms with Gasteiger partial charge >= 0.3 is 6.85 Å². The summed E-state index contributed by atoms with van der Waals surface area (Å²) in [5.74, 6) is 1.79. The second-order valence-electron chi connectivity index (χ2n) is 24.0. The van der Waals surface area contributed by atoms with Crippen LogP contribution in [0.1, 0.15) is 82.2 Å². The Morgan fingerprint density at radius 1 is 0.474 bits per heavy atom. The molecule has 378 valence electrons. The predicted octanol–water partition coefficient (Wildman–Crippen LogP) is 18.5. The zero-order valence-electron chi connectivity index (χ0n) is 45.4. The predicted molar refractivity (Wildman–Crippen MR) is 326 cm³/mol. The second kappa shape index (κ2) is 16.9. The molecule has 0 bridgehead atoms. The van der Waals surface area contributed by atoms with E-state index in [0.29, 0.717) is 0 Å². The van der Waals surface area contributed by atoms with Gasteiger partial charge in [0.2, 0.25) is 0 Å². The van der Waals surface area contributed by atoms with E-state index in [4.69, 9.17) is 9.15 Å². The second-order valence-corrected chi connectivity index (χ2v) is 24.0. The van der Waals surface area contributed by atoms with Crippen LogP contribution in [0.2, 0.25) is 0 Å². The van der Waals surface area contributed by atoms with E-state index in [2.05, 4.69) is 275 Å². The monoisotopic (exact) mass is 1010 g/mol. The Kier molecular flexibility index (Phi) is 10.1. The van der Waals surface area contributed by atoms with Crippen LogP contribution in [-0.4, -0.2) is 6.85 Å². The van der Waals surface area contributed by atoms with Gasteiger partial charge in [0.25, 0.3) is 0 Å². The van der Waals surface area contributed by atoms with Crippen LogP contribution in [0.4, 0.5) is 45.5 Å². The average molecular weight is 1010 g/mol. The molecule has 0 radical (unpaired) electrons. The van der Waals surface area contributed by atoms with Gasteiger partial charge in [-0.2, -0.15) is 0 Å². The molecule has 10 aromatic carbocycles. The lowest BCUT2D eigenvalue weighted by atomic mass is 9.43. The van der Waals surface area contributed by atoms with Gasteiger partial charge in [-0.05, 0) is 160 Å². The van der Waals surface area contributed by atoms with Crippen molar-refractivity contribution in [3.63, 3.8) is 0 Å². The van der Waals surface area contributed by atoms with E-state index in [1.165, 1.54) is 49.9 Å². The van der Waals surface area contributed by atoms with E-state index in [0.717, 1.165) is 103 Å². The van der Waals surface area contributed by atoms with Crippen LogP contribution < -0.4 is 30.3 Å². The maximum Gasteiger partial charge on any atom is 0.333 e. The standard InChI is InChI=1S/C72H60BN3O2/c1-45-39-57-58(71(4,5)38-37-70(57,2)3)43-61(45)75-63-40-51(74(48-23-13-9-14-24-48)49-25-15-10-16-26-49)35-36-60(63)73-67-54(41-55-52-27-17-19-29-64(52)78-69(55)68(67)75)53-42-66-59(72(6,7)56-28-18-20-30-65(56)77-66)44-62(53)76(73)50-33-31-47(32-34-50)46-21-11-8-12-22-46/h8-36,39-44H,37-38H2,1-7H3. The minimum absolute atomic E-state index is 0.0343. The van der Waals surface area contributed by atoms with E-state index >= 15 is 0 Å². The summed E-state index contributed by atoms with van der Waals surface area (Å²) in [6, 6.07) is 78.2. The lowest BCUT2D eigenvalue weighted by Crippen LogP contribution is -2.61. The number of para-hydroxylation sites is 4. The summed E-state index contributed by atoms with van der Waals surface area (Å²) in [6.45, 7) is 16.5. The van der Waals surface area contributed by atoms with Gasteiger partial charge in [0.05, 0.1) is 5.69 Å². The number of hydrogen-bond donors (Lipinski definition) is 0. The lowest BCUT2D eigenvalue weighted by molar-refractivity contribution is 0.332. The summed E-state index contributed by atoms with van der Waals surface area (Å²) in [4.78, 5) is 7.64. The molecule has 0 atom stereocenters. The molecule has 5 nitrogen and oxygen atoms in total. The molecule has 11 aromatic rings.